The first-order chi connectivity index (χ1) is 5.00. The molecule has 0 saturated heterocycles. The van der Waals surface area contributed by atoms with E-state index in [1.165, 1.54) is 0 Å². The van der Waals surface area contributed by atoms with Crippen molar-refractivity contribution in [2.45, 2.75) is 26.2 Å². The summed E-state index contributed by atoms with van der Waals surface area (Å²) in [5, 5.41) is 0. The van der Waals surface area contributed by atoms with Gasteiger partial charge >= 0.3 is 0 Å². The second-order valence-electron chi connectivity index (χ2n) is 3.60. The van der Waals surface area contributed by atoms with E-state index in [4.69, 9.17) is 0 Å². The normalized spacial score (nSPS) is 11.6. The SMILES string of the molecule is CC(C)(C)c1cccc(I)n1. The third-order valence-corrected chi connectivity index (χ3v) is 2.08. The number of hydrogen-bond donors (Lipinski definition) is 0. The monoisotopic (exact) mass is 261 g/mol. The minimum absolute atomic E-state index is 0.168. The smallest absolute Gasteiger partial charge is 0.101 e. The molecule has 0 saturated carbocycles. The van der Waals surface area contributed by atoms with Crippen LogP contribution in [0.3, 0.4) is 0 Å². The molecular weight excluding hydrogens is 249 g/mol. The Hall–Kier alpha value is -0.120. The number of rotatable bonds is 0. The van der Waals surface area contributed by atoms with Crippen LogP contribution in [0.1, 0.15) is 26.5 Å². The highest BCUT2D eigenvalue weighted by Gasteiger charge is 2.14. The van der Waals surface area contributed by atoms with Crippen LogP contribution < -0.4 is 0 Å². The third kappa shape index (κ3) is 2.43. The van der Waals surface area contributed by atoms with Crippen LogP contribution in [-0.4, -0.2) is 4.98 Å². The van der Waals surface area contributed by atoms with E-state index in [-0.39, 0.29) is 5.41 Å². The Morgan fingerprint density at radius 2 is 1.91 bits per heavy atom. The van der Waals surface area contributed by atoms with Crippen LogP contribution in [0.15, 0.2) is 18.2 Å². The summed E-state index contributed by atoms with van der Waals surface area (Å²) in [7, 11) is 0. The van der Waals surface area contributed by atoms with Crippen LogP contribution in [0.4, 0.5) is 0 Å². The van der Waals surface area contributed by atoms with Crippen LogP contribution in [0.2, 0.25) is 0 Å². The van der Waals surface area contributed by atoms with Gasteiger partial charge < -0.3 is 0 Å². The highest BCUT2D eigenvalue weighted by atomic mass is 127. The van der Waals surface area contributed by atoms with Crippen molar-refractivity contribution in [2.24, 2.45) is 0 Å². The molecule has 0 radical (unpaired) electrons. The molecule has 0 aromatic carbocycles. The van der Waals surface area contributed by atoms with Gasteiger partial charge in [-0.15, -0.1) is 0 Å². The van der Waals surface area contributed by atoms with Crippen molar-refractivity contribution in [3.8, 4) is 0 Å². The molecule has 11 heavy (non-hydrogen) atoms. The fourth-order valence-corrected chi connectivity index (χ4v) is 1.29. The second-order valence-corrected chi connectivity index (χ2v) is 4.70. The first-order valence-corrected chi connectivity index (χ1v) is 4.71. The van der Waals surface area contributed by atoms with Gasteiger partial charge in [-0.2, -0.15) is 0 Å². The maximum absolute atomic E-state index is 4.43. The Morgan fingerprint density at radius 3 is 2.27 bits per heavy atom. The first-order valence-electron chi connectivity index (χ1n) is 3.63. The highest BCUT2D eigenvalue weighted by Crippen LogP contribution is 2.19. The van der Waals surface area contributed by atoms with E-state index >= 15 is 0 Å². The van der Waals surface area contributed by atoms with Crippen molar-refractivity contribution in [2.75, 3.05) is 0 Å². The Kier molecular flexibility index (Phi) is 2.52. The van der Waals surface area contributed by atoms with Crippen molar-refractivity contribution in [3.05, 3.63) is 27.6 Å². The minimum Gasteiger partial charge on any atom is -0.246 e. The van der Waals surface area contributed by atoms with Gasteiger partial charge in [0.25, 0.3) is 0 Å². The lowest BCUT2D eigenvalue weighted by Gasteiger charge is -2.17. The Bertz CT molecular complexity index is 250. The predicted octanol–water partition coefficient (Wildman–Crippen LogP) is 2.98. The van der Waals surface area contributed by atoms with Gasteiger partial charge in [0.05, 0.1) is 0 Å². The first kappa shape index (κ1) is 8.97. The van der Waals surface area contributed by atoms with Crippen LogP contribution in [-0.2, 0) is 5.41 Å². The summed E-state index contributed by atoms with van der Waals surface area (Å²) in [6, 6.07) is 6.13. The molecule has 0 fully saturated rings. The molecule has 1 nitrogen and oxygen atoms in total. The summed E-state index contributed by atoms with van der Waals surface area (Å²) in [5.74, 6) is 0. The maximum atomic E-state index is 4.43. The number of hydrogen-bond acceptors (Lipinski definition) is 1. The summed E-state index contributed by atoms with van der Waals surface area (Å²) in [4.78, 5) is 4.43. The molecule has 2 heteroatoms. The summed E-state index contributed by atoms with van der Waals surface area (Å²) >= 11 is 2.23. The van der Waals surface area contributed by atoms with Gasteiger partial charge in [-0.1, -0.05) is 26.8 Å². The zero-order valence-electron chi connectivity index (χ0n) is 7.06. The average Bonchev–Trinajstić information content (AvgIpc) is 1.86. The quantitative estimate of drug-likeness (QED) is 0.516. The zero-order chi connectivity index (χ0) is 8.48. The molecule has 1 heterocycles. The summed E-state index contributed by atoms with van der Waals surface area (Å²) < 4.78 is 1.06. The maximum Gasteiger partial charge on any atom is 0.101 e. The molecule has 0 unspecified atom stereocenters. The van der Waals surface area contributed by atoms with E-state index in [2.05, 4.69) is 60.5 Å². The van der Waals surface area contributed by atoms with E-state index in [1.807, 2.05) is 6.07 Å². The molecule has 0 amide bonds. The van der Waals surface area contributed by atoms with Crippen molar-refractivity contribution in [3.63, 3.8) is 0 Å². The molecule has 1 aromatic heterocycles. The molecule has 0 spiro atoms. The predicted molar refractivity (Wildman–Crippen MR) is 55.7 cm³/mol. The van der Waals surface area contributed by atoms with Crippen LogP contribution in [0, 0.1) is 3.70 Å². The lowest BCUT2D eigenvalue weighted by atomic mass is 9.92. The molecule has 0 aliphatic heterocycles. The van der Waals surface area contributed by atoms with Gasteiger partial charge in [0, 0.05) is 11.1 Å². The van der Waals surface area contributed by atoms with Gasteiger partial charge in [-0.05, 0) is 34.7 Å². The molecular formula is C9H12IN. The fourth-order valence-electron chi connectivity index (χ4n) is 0.826. The number of aromatic nitrogens is 1. The molecule has 1 aromatic rings. The lowest BCUT2D eigenvalue weighted by Crippen LogP contribution is -2.13. The second kappa shape index (κ2) is 3.09. The fraction of sp³-hybridized carbons (Fsp3) is 0.444. The summed E-state index contributed by atoms with van der Waals surface area (Å²) in [6.07, 6.45) is 0. The largest absolute Gasteiger partial charge is 0.246 e. The topological polar surface area (TPSA) is 12.9 Å². The van der Waals surface area contributed by atoms with Crippen molar-refractivity contribution >= 4 is 22.6 Å². The molecule has 0 N–H and O–H groups in total. The van der Waals surface area contributed by atoms with E-state index in [9.17, 15) is 0 Å². The molecule has 0 aliphatic carbocycles. The van der Waals surface area contributed by atoms with Crippen molar-refractivity contribution in [1.82, 2.24) is 4.98 Å². The Balaban J connectivity index is 3.06. The highest BCUT2D eigenvalue weighted by molar-refractivity contribution is 14.1. The standard InChI is InChI=1S/C9H12IN/c1-9(2,3)7-5-4-6-8(10)11-7/h4-6H,1-3H3. The van der Waals surface area contributed by atoms with E-state index < -0.39 is 0 Å². The van der Waals surface area contributed by atoms with Gasteiger partial charge in [0.15, 0.2) is 0 Å². The molecule has 1 rings (SSSR count). The van der Waals surface area contributed by atoms with Crippen molar-refractivity contribution < 1.29 is 0 Å². The molecule has 0 bridgehead atoms. The van der Waals surface area contributed by atoms with E-state index in [1.54, 1.807) is 0 Å². The zero-order valence-corrected chi connectivity index (χ0v) is 9.21. The van der Waals surface area contributed by atoms with Gasteiger partial charge in [0.2, 0.25) is 0 Å². The van der Waals surface area contributed by atoms with E-state index in [0.29, 0.717) is 0 Å². The van der Waals surface area contributed by atoms with Gasteiger partial charge in [-0.25, -0.2) is 4.98 Å². The van der Waals surface area contributed by atoms with Crippen LogP contribution in [0.5, 0.6) is 0 Å². The Morgan fingerprint density at radius 1 is 1.27 bits per heavy atom. The molecule has 0 atom stereocenters. The Labute approximate surface area is 81.4 Å². The number of pyridine rings is 1. The van der Waals surface area contributed by atoms with Gasteiger partial charge in [-0.3, -0.25) is 0 Å². The number of halogens is 1. The summed E-state index contributed by atoms with van der Waals surface area (Å²) in [6.45, 7) is 6.52. The molecule has 0 aliphatic rings. The summed E-state index contributed by atoms with van der Waals surface area (Å²) in [5.41, 5.74) is 1.32. The van der Waals surface area contributed by atoms with Crippen LogP contribution in [0.25, 0.3) is 0 Å². The lowest BCUT2D eigenvalue weighted by molar-refractivity contribution is 0.567. The van der Waals surface area contributed by atoms with Gasteiger partial charge in [0.1, 0.15) is 3.70 Å². The number of nitrogens with zero attached hydrogens (tertiary/aromatic N) is 1. The minimum atomic E-state index is 0.168. The third-order valence-electron chi connectivity index (χ3n) is 1.48. The van der Waals surface area contributed by atoms with E-state index in [0.717, 1.165) is 9.39 Å². The molecule has 60 valence electrons. The van der Waals surface area contributed by atoms with Crippen LogP contribution >= 0.6 is 22.6 Å². The van der Waals surface area contributed by atoms with Crippen molar-refractivity contribution in [1.29, 1.82) is 0 Å². The average molecular weight is 261 g/mol.